The van der Waals surface area contributed by atoms with E-state index >= 15 is 0 Å². The minimum absolute atomic E-state index is 0.147. The molecule has 6 heteroatoms. The molecule has 0 unspecified atom stereocenters. The molecule has 0 bridgehead atoms. The van der Waals surface area contributed by atoms with E-state index < -0.39 is 0 Å². The van der Waals surface area contributed by atoms with Crippen molar-refractivity contribution in [2.75, 3.05) is 18.2 Å². The molecule has 0 aromatic heterocycles. The quantitative estimate of drug-likeness (QED) is 0.790. The molecule has 0 spiro atoms. The second-order valence-corrected chi connectivity index (χ2v) is 6.33. The smallest absolute Gasteiger partial charge is 0.319 e. The first-order valence-electron chi connectivity index (χ1n) is 7.48. The van der Waals surface area contributed by atoms with Crippen molar-refractivity contribution in [3.8, 4) is 0 Å². The Hall–Kier alpha value is -1.69. The third-order valence-electron chi connectivity index (χ3n) is 3.59. The molecule has 1 aromatic carbocycles. The van der Waals surface area contributed by atoms with E-state index in [4.69, 9.17) is 0 Å². The van der Waals surface area contributed by atoms with E-state index in [9.17, 15) is 9.59 Å². The van der Waals surface area contributed by atoms with Crippen molar-refractivity contribution in [1.29, 1.82) is 0 Å². The van der Waals surface area contributed by atoms with Crippen molar-refractivity contribution in [1.82, 2.24) is 5.32 Å². The molecular formula is C16H22N2O3S. The molecule has 0 heterocycles. The summed E-state index contributed by atoms with van der Waals surface area (Å²) in [6.07, 6.45) is 4.52. The highest BCUT2D eigenvalue weighted by Crippen LogP contribution is 2.19. The second kappa shape index (κ2) is 8.68. The van der Waals surface area contributed by atoms with Crippen LogP contribution in [0.3, 0.4) is 0 Å². The second-order valence-electron chi connectivity index (χ2n) is 5.35. The molecule has 1 aliphatic rings. The number of thioether (sulfide) groups is 1. The van der Waals surface area contributed by atoms with Gasteiger partial charge in [0.1, 0.15) is 0 Å². The van der Waals surface area contributed by atoms with Gasteiger partial charge in [-0.15, -0.1) is 11.8 Å². The molecule has 1 aliphatic carbocycles. The number of esters is 1. The summed E-state index contributed by atoms with van der Waals surface area (Å²) in [7, 11) is 1.39. The summed E-state index contributed by atoms with van der Waals surface area (Å²) < 4.78 is 4.60. The number of anilines is 1. The fourth-order valence-electron chi connectivity index (χ4n) is 2.47. The van der Waals surface area contributed by atoms with Crippen LogP contribution in [-0.2, 0) is 15.3 Å². The van der Waals surface area contributed by atoms with Gasteiger partial charge in [-0.2, -0.15) is 0 Å². The fraction of sp³-hybridized carbons (Fsp3) is 0.500. The molecule has 2 N–H and O–H groups in total. The highest BCUT2D eigenvalue weighted by molar-refractivity contribution is 7.99. The first-order chi connectivity index (χ1) is 10.7. The van der Waals surface area contributed by atoms with Crippen molar-refractivity contribution in [2.24, 2.45) is 0 Å². The number of hydrogen-bond acceptors (Lipinski definition) is 4. The van der Waals surface area contributed by atoms with Crippen LogP contribution in [-0.4, -0.2) is 30.9 Å². The van der Waals surface area contributed by atoms with E-state index in [-0.39, 0.29) is 12.0 Å². The fourth-order valence-corrected chi connectivity index (χ4v) is 3.27. The number of carbonyl (C=O) groups is 2. The Morgan fingerprint density at radius 1 is 1.32 bits per heavy atom. The molecule has 0 atom stereocenters. The summed E-state index contributed by atoms with van der Waals surface area (Å²) in [5.41, 5.74) is 1.83. The molecular weight excluding hydrogens is 300 g/mol. The van der Waals surface area contributed by atoms with Gasteiger partial charge in [0.25, 0.3) is 0 Å². The zero-order valence-electron chi connectivity index (χ0n) is 12.8. The number of amides is 2. The van der Waals surface area contributed by atoms with Crippen LogP contribution in [0.5, 0.6) is 0 Å². The van der Waals surface area contributed by atoms with Crippen LogP contribution < -0.4 is 10.6 Å². The van der Waals surface area contributed by atoms with E-state index in [1.807, 2.05) is 24.3 Å². The maximum Gasteiger partial charge on any atom is 0.319 e. The summed E-state index contributed by atoms with van der Waals surface area (Å²) in [5, 5.41) is 5.86. The van der Waals surface area contributed by atoms with Gasteiger partial charge in [-0.3, -0.25) is 4.79 Å². The van der Waals surface area contributed by atoms with Crippen molar-refractivity contribution in [3.05, 3.63) is 29.8 Å². The molecule has 1 fully saturated rings. The zero-order chi connectivity index (χ0) is 15.8. The van der Waals surface area contributed by atoms with Crippen LogP contribution in [0.15, 0.2) is 24.3 Å². The first-order valence-corrected chi connectivity index (χ1v) is 8.64. The molecule has 1 aromatic rings. The zero-order valence-corrected chi connectivity index (χ0v) is 13.6. The predicted molar refractivity (Wildman–Crippen MR) is 89.0 cm³/mol. The van der Waals surface area contributed by atoms with Crippen LogP contribution in [0.1, 0.15) is 31.2 Å². The van der Waals surface area contributed by atoms with Crippen LogP contribution in [0.2, 0.25) is 0 Å². The van der Waals surface area contributed by atoms with Gasteiger partial charge in [-0.1, -0.05) is 25.0 Å². The molecule has 2 amide bonds. The lowest BCUT2D eigenvalue weighted by molar-refractivity contribution is -0.137. The van der Waals surface area contributed by atoms with Gasteiger partial charge in [-0.05, 0) is 30.5 Å². The van der Waals surface area contributed by atoms with Gasteiger partial charge in [0.2, 0.25) is 0 Å². The number of benzene rings is 1. The lowest BCUT2D eigenvalue weighted by Crippen LogP contribution is -2.36. The number of carbonyl (C=O) groups excluding carboxylic acids is 2. The van der Waals surface area contributed by atoms with E-state index in [1.165, 1.54) is 31.7 Å². The van der Waals surface area contributed by atoms with Crippen LogP contribution >= 0.6 is 11.8 Å². The van der Waals surface area contributed by atoms with Gasteiger partial charge in [0.05, 0.1) is 12.9 Å². The van der Waals surface area contributed by atoms with E-state index in [1.54, 1.807) is 0 Å². The molecule has 0 aliphatic heterocycles. The standard InChI is InChI=1S/C16H22N2O3S/c1-21-15(19)11-22-10-12-5-4-8-14(9-12)18-16(20)17-13-6-2-3-7-13/h4-5,8-9,13H,2-3,6-7,10-11H2,1H3,(H2,17,18,20). The summed E-state index contributed by atoms with van der Waals surface area (Å²) in [5.74, 6) is 0.806. The van der Waals surface area contributed by atoms with Gasteiger partial charge < -0.3 is 15.4 Å². The molecule has 2 rings (SSSR count). The molecule has 5 nitrogen and oxygen atoms in total. The monoisotopic (exact) mass is 322 g/mol. The predicted octanol–water partition coefficient (Wildman–Crippen LogP) is 3.16. The third-order valence-corrected chi connectivity index (χ3v) is 4.57. The van der Waals surface area contributed by atoms with Crippen molar-refractivity contribution in [2.45, 2.75) is 37.5 Å². The lowest BCUT2D eigenvalue weighted by Gasteiger charge is -2.13. The van der Waals surface area contributed by atoms with E-state index in [2.05, 4.69) is 15.4 Å². The summed E-state index contributed by atoms with van der Waals surface area (Å²) in [6.45, 7) is 0. The number of rotatable bonds is 6. The highest BCUT2D eigenvalue weighted by atomic mass is 32.2. The van der Waals surface area contributed by atoms with E-state index in [0.29, 0.717) is 17.5 Å². The Morgan fingerprint density at radius 2 is 2.09 bits per heavy atom. The van der Waals surface area contributed by atoms with Crippen molar-refractivity contribution < 1.29 is 14.3 Å². The normalized spacial score (nSPS) is 14.6. The van der Waals surface area contributed by atoms with Crippen molar-refractivity contribution >= 4 is 29.4 Å². The Morgan fingerprint density at radius 3 is 2.82 bits per heavy atom. The number of urea groups is 1. The summed E-state index contributed by atoms with van der Waals surface area (Å²) in [6, 6.07) is 7.83. The van der Waals surface area contributed by atoms with Crippen LogP contribution in [0.25, 0.3) is 0 Å². The van der Waals surface area contributed by atoms with Gasteiger partial charge in [0.15, 0.2) is 0 Å². The first kappa shape index (κ1) is 16.7. The minimum Gasteiger partial charge on any atom is -0.468 e. The average molecular weight is 322 g/mol. The Bertz CT molecular complexity index is 516. The summed E-state index contributed by atoms with van der Waals surface area (Å²) >= 11 is 1.49. The third kappa shape index (κ3) is 5.60. The van der Waals surface area contributed by atoms with Crippen LogP contribution in [0, 0.1) is 0 Å². The van der Waals surface area contributed by atoms with Gasteiger partial charge in [0, 0.05) is 17.5 Å². The van der Waals surface area contributed by atoms with Gasteiger partial charge >= 0.3 is 12.0 Å². The highest BCUT2D eigenvalue weighted by Gasteiger charge is 2.16. The Labute approximate surface area is 135 Å². The maximum atomic E-state index is 11.9. The molecule has 22 heavy (non-hydrogen) atoms. The SMILES string of the molecule is COC(=O)CSCc1cccc(NC(=O)NC2CCCC2)c1. The average Bonchev–Trinajstić information content (AvgIpc) is 3.00. The topological polar surface area (TPSA) is 67.4 Å². The Kier molecular flexibility index (Phi) is 6.58. The molecule has 120 valence electrons. The number of hydrogen-bond donors (Lipinski definition) is 2. The molecule has 0 saturated heterocycles. The number of ether oxygens (including phenoxy) is 1. The molecule has 0 radical (unpaired) electrons. The summed E-state index contributed by atoms with van der Waals surface area (Å²) in [4.78, 5) is 23.0. The maximum absolute atomic E-state index is 11.9. The molecule has 1 saturated carbocycles. The van der Waals surface area contributed by atoms with Crippen LogP contribution in [0.4, 0.5) is 10.5 Å². The van der Waals surface area contributed by atoms with Gasteiger partial charge in [-0.25, -0.2) is 4.79 Å². The lowest BCUT2D eigenvalue weighted by atomic mass is 10.2. The minimum atomic E-state index is -0.227. The number of methoxy groups -OCH3 is 1. The van der Waals surface area contributed by atoms with Crippen molar-refractivity contribution in [3.63, 3.8) is 0 Å². The largest absolute Gasteiger partial charge is 0.468 e. The Balaban J connectivity index is 1.79. The number of nitrogens with one attached hydrogen (secondary N) is 2. The van der Waals surface area contributed by atoms with E-state index in [0.717, 1.165) is 24.1 Å².